The number of benzene rings is 1. The molecule has 0 amide bonds. The molecule has 4 nitrogen and oxygen atoms in total. The molecule has 0 spiro atoms. The first-order chi connectivity index (χ1) is 12.9. The topological polar surface area (TPSA) is 40.6 Å². The minimum atomic E-state index is -3.11. The molecule has 3 fully saturated rings. The van der Waals surface area contributed by atoms with Crippen molar-refractivity contribution in [3.05, 3.63) is 29.8 Å². The lowest BCUT2D eigenvalue weighted by Crippen LogP contribution is -2.61. The van der Waals surface area contributed by atoms with E-state index in [1.54, 1.807) is 12.1 Å². The second-order valence-electron chi connectivity index (χ2n) is 9.11. The van der Waals surface area contributed by atoms with Crippen molar-refractivity contribution in [3.8, 4) is 0 Å². The van der Waals surface area contributed by atoms with Crippen molar-refractivity contribution in [2.45, 2.75) is 69.0 Å². The molecule has 4 rings (SSSR count). The summed E-state index contributed by atoms with van der Waals surface area (Å²) in [5.74, 6) is 1.61. The number of rotatable bonds is 5. The molecule has 0 aromatic heterocycles. The molecule has 0 N–H and O–H groups in total. The van der Waals surface area contributed by atoms with Crippen molar-refractivity contribution in [2.75, 3.05) is 25.9 Å². The molecule has 3 saturated heterocycles. The van der Waals surface area contributed by atoms with Gasteiger partial charge in [0.1, 0.15) is 0 Å². The number of piperidine rings is 3. The van der Waals surface area contributed by atoms with Crippen LogP contribution >= 0.6 is 0 Å². The Morgan fingerprint density at radius 2 is 1.85 bits per heavy atom. The van der Waals surface area contributed by atoms with Crippen molar-refractivity contribution < 1.29 is 8.42 Å². The van der Waals surface area contributed by atoms with Crippen molar-refractivity contribution in [1.82, 2.24) is 9.80 Å². The maximum atomic E-state index is 11.7. The molecule has 0 aliphatic carbocycles. The van der Waals surface area contributed by atoms with Crippen LogP contribution < -0.4 is 0 Å². The molecule has 2 bridgehead atoms. The Morgan fingerprint density at radius 1 is 1.07 bits per heavy atom. The average molecular weight is 391 g/mol. The van der Waals surface area contributed by atoms with Gasteiger partial charge in [0.05, 0.1) is 4.90 Å². The summed E-state index contributed by atoms with van der Waals surface area (Å²) in [5, 5.41) is 0. The van der Waals surface area contributed by atoms with Crippen LogP contribution in [-0.2, 0) is 16.4 Å². The van der Waals surface area contributed by atoms with Gasteiger partial charge in [0.2, 0.25) is 0 Å². The Balaban J connectivity index is 1.42. The predicted molar refractivity (Wildman–Crippen MR) is 109 cm³/mol. The fraction of sp³-hybridized carbons (Fsp3) is 0.727. The molecule has 0 saturated carbocycles. The van der Waals surface area contributed by atoms with Gasteiger partial charge in [0.25, 0.3) is 0 Å². The molecule has 27 heavy (non-hydrogen) atoms. The molecule has 1 aromatic rings. The first-order valence-corrected chi connectivity index (χ1v) is 12.6. The summed E-state index contributed by atoms with van der Waals surface area (Å²) in [6, 6.07) is 9.12. The number of likely N-dealkylation sites (tertiary alicyclic amines) is 1. The summed E-state index contributed by atoms with van der Waals surface area (Å²) in [7, 11) is -3.11. The van der Waals surface area contributed by atoms with Crippen LogP contribution in [0.1, 0.15) is 51.0 Å². The van der Waals surface area contributed by atoms with Crippen LogP contribution in [0, 0.1) is 11.8 Å². The zero-order valence-corrected chi connectivity index (χ0v) is 17.6. The van der Waals surface area contributed by atoms with Crippen LogP contribution in [0.3, 0.4) is 0 Å². The van der Waals surface area contributed by atoms with Crippen molar-refractivity contribution in [2.24, 2.45) is 11.8 Å². The zero-order chi connectivity index (χ0) is 19.0. The highest BCUT2D eigenvalue weighted by atomic mass is 32.2. The number of nitrogens with zero attached hydrogens (tertiary/aromatic N) is 2. The van der Waals surface area contributed by atoms with Crippen LogP contribution in [0.5, 0.6) is 0 Å². The van der Waals surface area contributed by atoms with E-state index in [0.717, 1.165) is 30.5 Å². The van der Waals surface area contributed by atoms with Gasteiger partial charge in [-0.05, 0) is 55.2 Å². The van der Waals surface area contributed by atoms with E-state index in [0.29, 0.717) is 4.90 Å². The third-order valence-corrected chi connectivity index (χ3v) is 8.10. The lowest BCUT2D eigenvalue weighted by atomic mass is 9.74. The van der Waals surface area contributed by atoms with Gasteiger partial charge in [-0.2, -0.15) is 0 Å². The summed E-state index contributed by atoms with van der Waals surface area (Å²) >= 11 is 0. The van der Waals surface area contributed by atoms with Crippen molar-refractivity contribution in [3.63, 3.8) is 0 Å². The lowest BCUT2D eigenvalue weighted by molar-refractivity contribution is -0.0597. The molecule has 0 radical (unpaired) electrons. The highest BCUT2D eigenvalue weighted by Crippen LogP contribution is 2.40. The normalized spacial score (nSPS) is 32.2. The third-order valence-electron chi connectivity index (χ3n) is 6.97. The molecule has 3 aliphatic heterocycles. The standard InChI is InChI=1S/C22H34N2O2S/c1-3-5-20-6-4-7-22-19-12-18(15-24(20)22)14-23(16-19)13-17-8-10-21(11-9-17)27(2,25)26/h8-11,18-20,22H,3-7,12-16H2,1-2H3/t18-,19+,20-,22-/m0/s1. The average Bonchev–Trinajstić information content (AvgIpc) is 2.62. The highest BCUT2D eigenvalue weighted by molar-refractivity contribution is 7.90. The molecule has 0 unspecified atom stereocenters. The first kappa shape index (κ1) is 19.4. The minimum Gasteiger partial charge on any atom is -0.298 e. The van der Waals surface area contributed by atoms with Crippen LogP contribution in [0.25, 0.3) is 0 Å². The SMILES string of the molecule is CCC[C@H]1CCC[C@H]2[C@@H]3C[C@@H](CN(Cc4ccc(S(C)(=O)=O)cc4)C3)CN12. The van der Waals surface area contributed by atoms with Gasteiger partial charge in [-0.3, -0.25) is 9.80 Å². The maximum absolute atomic E-state index is 11.7. The fourth-order valence-electron chi connectivity index (χ4n) is 5.89. The predicted octanol–water partition coefficient (Wildman–Crippen LogP) is 3.57. The van der Waals surface area contributed by atoms with Gasteiger partial charge in [0.15, 0.2) is 9.84 Å². The second kappa shape index (κ2) is 7.84. The van der Waals surface area contributed by atoms with Gasteiger partial charge in [-0.15, -0.1) is 0 Å². The van der Waals surface area contributed by atoms with Gasteiger partial charge < -0.3 is 0 Å². The van der Waals surface area contributed by atoms with Gasteiger partial charge >= 0.3 is 0 Å². The first-order valence-electron chi connectivity index (χ1n) is 10.7. The zero-order valence-electron chi connectivity index (χ0n) is 16.8. The molecule has 3 heterocycles. The van der Waals surface area contributed by atoms with E-state index in [2.05, 4.69) is 16.7 Å². The van der Waals surface area contributed by atoms with Gasteiger partial charge in [-0.25, -0.2) is 8.42 Å². The van der Waals surface area contributed by atoms with E-state index in [4.69, 9.17) is 0 Å². The Bertz CT molecular complexity index is 744. The van der Waals surface area contributed by atoms with Gasteiger partial charge in [-0.1, -0.05) is 31.9 Å². The minimum absolute atomic E-state index is 0.418. The van der Waals surface area contributed by atoms with Crippen LogP contribution in [0.2, 0.25) is 0 Å². The lowest BCUT2D eigenvalue weighted by Gasteiger charge is -2.55. The van der Waals surface area contributed by atoms with Crippen LogP contribution in [-0.4, -0.2) is 56.2 Å². The Morgan fingerprint density at radius 3 is 2.56 bits per heavy atom. The smallest absolute Gasteiger partial charge is 0.175 e. The fourth-order valence-corrected chi connectivity index (χ4v) is 6.52. The van der Waals surface area contributed by atoms with Crippen LogP contribution in [0.15, 0.2) is 29.2 Å². The van der Waals surface area contributed by atoms with E-state index in [1.807, 2.05) is 12.1 Å². The van der Waals surface area contributed by atoms with E-state index >= 15 is 0 Å². The summed E-state index contributed by atoms with van der Waals surface area (Å²) < 4.78 is 23.3. The third kappa shape index (κ3) is 4.25. The molecule has 5 heteroatoms. The number of sulfone groups is 1. The number of hydrogen-bond donors (Lipinski definition) is 0. The van der Waals surface area contributed by atoms with Crippen LogP contribution in [0.4, 0.5) is 0 Å². The quantitative estimate of drug-likeness (QED) is 0.771. The Kier molecular flexibility index (Phi) is 5.64. The van der Waals surface area contributed by atoms with Crippen molar-refractivity contribution in [1.29, 1.82) is 0 Å². The molecular formula is C22H34N2O2S. The number of fused-ring (bicyclic) bond motifs is 4. The molecular weight excluding hydrogens is 356 g/mol. The van der Waals surface area contributed by atoms with E-state index in [9.17, 15) is 8.42 Å². The Labute approximate surface area is 164 Å². The van der Waals surface area contributed by atoms with E-state index in [-0.39, 0.29) is 0 Å². The monoisotopic (exact) mass is 390 g/mol. The largest absolute Gasteiger partial charge is 0.298 e. The highest BCUT2D eigenvalue weighted by Gasteiger charge is 2.44. The molecule has 1 aromatic carbocycles. The Hall–Kier alpha value is -0.910. The van der Waals surface area contributed by atoms with E-state index < -0.39 is 9.84 Å². The number of hydrogen-bond acceptors (Lipinski definition) is 4. The molecule has 150 valence electrons. The summed E-state index contributed by atoms with van der Waals surface area (Å²) in [5.41, 5.74) is 1.23. The summed E-state index contributed by atoms with van der Waals surface area (Å²) in [4.78, 5) is 5.93. The van der Waals surface area contributed by atoms with E-state index in [1.165, 1.54) is 70.0 Å². The summed E-state index contributed by atoms with van der Waals surface area (Å²) in [6.07, 6.45) is 9.54. The molecule has 4 atom stereocenters. The second-order valence-corrected chi connectivity index (χ2v) is 11.1. The van der Waals surface area contributed by atoms with Gasteiger partial charge in [0, 0.05) is 44.5 Å². The van der Waals surface area contributed by atoms with Crippen molar-refractivity contribution >= 4 is 9.84 Å². The summed E-state index contributed by atoms with van der Waals surface area (Å²) in [6.45, 7) is 6.94. The molecule has 3 aliphatic rings. The maximum Gasteiger partial charge on any atom is 0.175 e.